The van der Waals surface area contributed by atoms with E-state index in [0.29, 0.717) is 24.9 Å². The van der Waals surface area contributed by atoms with Crippen molar-refractivity contribution in [2.24, 2.45) is 0 Å². The van der Waals surface area contributed by atoms with Crippen LogP contribution in [-0.4, -0.2) is 32.6 Å². The van der Waals surface area contributed by atoms with Gasteiger partial charge in [-0.15, -0.1) is 0 Å². The minimum atomic E-state index is -0.262. The van der Waals surface area contributed by atoms with E-state index in [0.717, 1.165) is 11.3 Å². The summed E-state index contributed by atoms with van der Waals surface area (Å²) in [5, 5.41) is 10.3. The van der Waals surface area contributed by atoms with Crippen molar-refractivity contribution in [3.63, 3.8) is 0 Å². The average Bonchev–Trinajstić information content (AvgIpc) is 3.17. The van der Waals surface area contributed by atoms with Gasteiger partial charge < -0.3 is 15.6 Å². The highest BCUT2D eigenvalue weighted by Crippen LogP contribution is 2.24. The number of amides is 2. The average molecular weight is 315 g/mol. The molecule has 2 unspecified atom stereocenters. The van der Waals surface area contributed by atoms with Gasteiger partial charge in [0.05, 0.1) is 23.3 Å². The molecule has 7 nitrogen and oxygen atoms in total. The Balaban J connectivity index is 1.82. The highest BCUT2D eigenvalue weighted by molar-refractivity contribution is 5.95. The van der Waals surface area contributed by atoms with Crippen molar-refractivity contribution in [1.82, 2.24) is 25.4 Å². The molecule has 0 spiro atoms. The molecule has 0 saturated carbocycles. The monoisotopic (exact) mass is 315 g/mol. The Labute approximate surface area is 134 Å². The molecular formula is C16H21N5O2. The van der Waals surface area contributed by atoms with Gasteiger partial charge in [0.2, 0.25) is 5.91 Å². The zero-order valence-corrected chi connectivity index (χ0v) is 13.3. The first-order chi connectivity index (χ1) is 11.1. The maximum Gasteiger partial charge on any atom is 0.253 e. The zero-order valence-electron chi connectivity index (χ0n) is 13.3. The van der Waals surface area contributed by atoms with E-state index in [2.05, 4.69) is 20.7 Å². The molecule has 2 atom stereocenters. The van der Waals surface area contributed by atoms with Gasteiger partial charge in [0.1, 0.15) is 0 Å². The fourth-order valence-electron chi connectivity index (χ4n) is 3.04. The smallest absolute Gasteiger partial charge is 0.253 e. The van der Waals surface area contributed by atoms with Gasteiger partial charge in [-0.05, 0) is 31.9 Å². The van der Waals surface area contributed by atoms with Crippen molar-refractivity contribution in [3.05, 3.63) is 41.5 Å². The van der Waals surface area contributed by atoms with E-state index in [1.807, 2.05) is 24.6 Å². The molecule has 1 aliphatic rings. The van der Waals surface area contributed by atoms with Crippen LogP contribution in [0.15, 0.2) is 24.7 Å². The number of carbonyl (C=O) groups is 2. The third kappa shape index (κ3) is 2.99. The first-order valence-electron chi connectivity index (χ1n) is 7.85. The van der Waals surface area contributed by atoms with E-state index in [1.165, 1.54) is 0 Å². The number of aryl methyl sites for hydroxylation is 2. The standard InChI is InChI=1S/C16H21N5O2/c1-3-21-13(6-7-18-21)15-12(4-5-14(22)20-15)19-16(23)11-9-17-8-10(11)2/h6-9,12,15,17H,3-5H2,1-2H3,(H,19,23)(H,20,22). The molecule has 3 rings (SSSR count). The van der Waals surface area contributed by atoms with Crippen molar-refractivity contribution in [2.45, 2.75) is 45.3 Å². The second-order valence-electron chi connectivity index (χ2n) is 5.79. The Kier molecular flexibility index (Phi) is 4.18. The van der Waals surface area contributed by atoms with Crippen LogP contribution in [0.4, 0.5) is 0 Å². The quantitative estimate of drug-likeness (QED) is 0.794. The summed E-state index contributed by atoms with van der Waals surface area (Å²) in [6.45, 7) is 4.60. The van der Waals surface area contributed by atoms with E-state index >= 15 is 0 Å². The van der Waals surface area contributed by atoms with E-state index in [9.17, 15) is 9.59 Å². The van der Waals surface area contributed by atoms with Crippen molar-refractivity contribution >= 4 is 11.8 Å². The Morgan fingerprint density at radius 2 is 2.30 bits per heavy atom. The largest absolute Gasteiger partial charge is 0.367 e. The Bertz CT molecular complexity index is 718. The van der Waals surface area contributed by atoms with Crippen LogP contribution in [0, 0.1) is 6.92 Å². The number of H-pyrrole nitrogens is 1. The summed E-state index contributed by atoms with van der Waals surface area (Å²) in [5.74, 6) is -0.125. The van der Waals surface area contributed by atoms with Gasteiger partial charge in [-0.25, -0.2) is 0 Å². The van der Waals surface area contributed by atoms with Gasteiger partial charge in [-0.3, -0.25) is 14.3 Å². The molecule has 2 aromatic heterocycles. The molecule has 0 bridgehead atoms. The minimum Gasteiger partial charge on any atom is -0.367 e. The van der Waals surface area contributed by atoms with Crippen molar-refractivity contribution in [3.8, 4) is 0 Å². The molecule has 23 heavy (non-hydrogen) atoms. The van der Waals surface area contributed by atoms with E-state index < -0.39 is 0 Å². The maximum atomic E-state index is 12.5. The van der Waals surface area contributed by atoms with Crippen molar-refractivity contribution in [1.29, 1.82) is 0 Å². The van der Waals surface area contributed by atoms with Crippen LogP contribution >= 0.6 is 0 Å². The third-order valence-corrected chi connectivity index (χ3v) is 4.28. The summed E-state index contributed by atoms with van der Waals surface area (Å²) < 4.78 is 1.84. The van der Waals surface area contributed by atoms with Crippen molar-refractivity contribution in [2.75, 3.05) is 0 Å². The fourth-order valence-corrected chi connectivity index (χ4v) is 3.04. The number of hydrogen-bond acceptors (Lipinski definition) is 3. The predicted octanol–water partition coefficient (Wildman–Crippen LogP) is 1.29. The Morgan fingerprint density at radius 1 is 1.48 bits per heavy atom. The van der Waals surface area contributed by atoms with Crippen LogP contribution in [-0.2, 0) is 11.3 Å². The lowest BCUT2D eigenvalue weighted by Gasteiger charge is -2.33. The summed E-state index contributed by atoms with van der Waals surface area (Å²) in [6.07, 6.45) is 6.22. The van der Waals surface area contributed by atoms with Crippen LogP contribution in [0.5, 0.6) is 0 Å². The maximum absolute atomic E-state index is 12.5. The molecule has 0 radical (unpaired) electrons. The normalized spacial score (nSPS) is 21.0. The van der Waals surface area contributed by atoms with Crippen molar-refractivity contribution < 1.29 is 9.59 Å². The van der Waals surface area contributed by atoms with Gasteiger partial charge in [-0.1, -0.05) is 0 Å². The second-order valence-corrected chi connectivity index (χ2v) is 5.79. The van der Waals surface area contributed by atoms with Gasteiger partial charge in [0, 0.05) is 31.6 Å². The van der Waals surface area contributed by atoms with E-state index in [1.54, 1.807) is 18.6 Å². The molecule has 122 valence electrons. The molecule has 2 aromatic rings. The number of rotatable bonds is 4. The topological polar surface area (TPSA) is 91.8 Å². The molecule has 7 heteroatoms. The van der Waals surface area contributed by atoms with Gasteiger partial charge >= 0.3 is 0 Å². The highest BCUT2D eigenvalue weighted by Gasteiger charge is 2.33. The first-order valence-corrected chi connectivity index (χ1v) is 7.85. The molecule has 1 saturated heterocycles. The van der Waals surface area contributed by atoms with Crippen LogP contribution in [0.2, 0.25) is 0 Å². The predicted molar refractivity (Wildman–Crippen MR) is 84.8 cm³/mol. The number of nitrogens with one attached hydrogen (secondary N) is 3. The lowest BCUT2D eigenvalue weighted by atomic mass is 9.94. The molecule has 0 aromatic carbocycles. The van der Waals surface area contributed by atoms with Crippen LogP contribution in [0.1, 0.15) is 47.4 Å². The zero-order chi connectivity index (χ0) is 16.4. The number of aromatic nitrogens is 3. The van der Waals surface area contributed by atoms with Crippen LogP contribution in [0.3, 0.4) is 0 Å². The summed E-state index contributed by atoms with van der Waals surface area (Å²) in [4.78, 5) is 27.2. The summed E-state index contributed by atoms with van der Waals surface area (Å²) >= 11 is 0. The summed E-state index contributed by atoms with van der Waals surface area (Å²) in [6, 6.07) is 1.47. The minimum absolute atomic E-state index is 0.00202. The van der Waals surface area contributed by atoms with Gasteiger partial charge in [0.25, 0.3) is 5.91 Å². The number of piperidine rings is 1. The number of carbonyl (C=O) groups excluding carboxylic acids is 2. The molecule has 3 N–H and O–H groups in total. The third-order valence-electron chi connectivity index (χ3n) is 4.28. The van der Waals surface area contributed by atoms with Crippen LogP contribution in [0.25, 0.3) is 0 Å². The first kappa shape index (κ1) is 15.3. The molecule has 0 aliphatic carbocycles. The lowest BCUT2D eigenvalue weighted by Crippen LogP contribution is -2.50. The van der Waals surface area contributed by atoms with Crippen LogP contribution < -0.4 is 10.6 Å². The molecular weight excluding hydrogens is 294 g/mol. The Hall–Kier alpha value is -2.57. The SMILES string of the molecule is CCn1nccc1C1NC(=O)CCC1NC(=O)c1c[nH]cc1C. The Morgan fingerprint density at radius 3 is 3.00 bits per heavy atom. The molecule has 1 aliphatic heterocycles. The summed E-state index contributed by atoms with van der Waals surface area (Å²) in [7, 11) is 0. The molecule has 1 fully saturated rings. The van der Waals surface area contributed by atoms with Gasteiger partial charge in [0.15, 0.2) is 0 Å². The molecule has 2 amide bonds. The fraction of sp³-hybridized carbons (Fsp3) is 0.438. The lowest BCUT2D eigenvalue weighted by molar-refractivity contribution is -0.123. The van der Waals surface area contributed by atoms with Gasteiger partial charge in [-0.2, -0.15) is 5.10 Å². The second kappa shape index (κ2) is 6.28. The number of aromatic amines is 1. The number of hydrogen-bond donors (Lipinski definition) is 3. The van der Waals surface area contributed by atoms with E-state index in [4.69, 9.17) is 0 Å². The highest BCUT2D eigenvalue weighted by atomic mass is 16.2. The summed E-state index contributed by atoms with van der Waals surface area (Å²) in [5.41, 5.74) is 2.44. The van der Waals surface area contributed by atoms with E-state index in [-0.39, 0.29) is 23.9 Å². The number of nitrogens with zero attached hydrogens (tertiary/aromatic N) is 2. The molecule has 3 heterocycles.